The third-order valence-electron chi connectivity index (χ3n) is 2.34. The van der Waals surface area contributed by atoms with Gasteiger partial charge in [-0.05, 0) is 6.07 Å². The van der Waals surface area contributed by atoms with Crippen molar-refractivity contribution in [3.63, 3.8) is 0 Å². The molecule has 6 nitrogen and oxygen atoms in total. The van der Waals surface area contributed by atoms with Crippen LogP contribution in [-0.4, -0.2) is 31.4 Å². The summed E-state index contributed by atoms with van der Waals surface area (Å²) in [6, 6.07) is 4.28. The summed E-state index contributed by atoms with van der Waals surface area (Å²) in [7, 11) is -3.11. The molecule has 0 unspecified atom stereocenters. The molecule has 100 valence electrons. The molecule has 0 aliphatic carbocycles. The Morgan fingerprint density at radius 2 is 2.11 bits per heavy atom. The van der Waals surface area contributed by atoms with Gasteiger partial charge in [-0.1, -0.05) is 24.6 Å². The largest absolute Gasteiger partial charge is 0.377 e. The van der Waals surface area contributed by atoms with E-state index in [0.29, 0.717) is 0 Å². The average Bonchev–Trinajstić information content (AvgIpc) is 2.30. The third kappa shape index (κ3) is 3.85. The van der Waals surface area contributed by atoms with Crippen molar-refractivity contribution >= 4 is 32.8 Å². The highest BCUT2D eigenvalue weighted by Crippen LogP contribution is 2.31. The number of benzene rings is 1. The van der Waals surface area contributed by atoms with E-state index in [1.165, 1.54) is 18.2 Å². The summed E-state index contributed by atoms with van der Waals surface area (Å²) in [5, 5.41) is 13.7. The lowest BCUT2D eigenvalue weighted by Gasteiger charge is -2.08. The van der Waals surface area contributed by atoms with Crippen LogP contribution in [0.25, 0.3) is 0 Å². The van der Waals surface area contributed by atoms with Gasteiger partial charge in [0, 0.05) is 18.4 Å². The SMILES string of the molecule is CCS(=O)(=O)CCNc1c(Cl)cccc1[N+](=O)[O-]. The van der Waals surface area contributed by atoms with Crippen molar-refractivity contribution in [2.24, 2.45) is 0 Å². The Bertz CT molecular complexity index is 545. The maximum atomic E-state index is 11.3. The predicted octanol–water partition coefficient (Wildman–Crippen LogP) is 2.09. The van der Waals surface area contributed by atoms with E-state index in [-0.39, 0.29) is 34.4 Å². The zero-order valence-corrected chi connectivity index (χ0v) is 11.3. The van der Waals surface area contributed by atoms with Crippen molar-refractivity contribution < 1.29 is 13.3 Å². The fourth-order valence-electron chi connectivity index (χ4n) is 1.32. The number of nitrogens with zero attached hydrogens (tertiary/aromatic N) is 1. The van der Waals surface area contributed by atoms with E-state index in [0.717, 1.165) is 0 Å². The molecule has 0 aromatic heterocycles. The first-order valence-corrected chi connectivity index (χ1v) is 7.44. The Morgan fingerprint density at radius 3 is 2.67 bits per heavy atom. The number of halogens is 1. The highest BCUT2D eigenvalue weighted by molar-refractivity contribution is 7.91. The molecule has 1 aromatic carbocycles. The number of rotatable bonds is 6. The lowest BCUT2D eigenvalue weighted by molar-refractivity contribution is -0.383. The van der Waals surface area contributed by atoms with Gasteiger partial charge in [-0.3, -0.25) is 10.1 Å². The molecule has 0 atom stereocenters. The summed E-state index contributed by atoms with van der Waals surface area (Å²) >= 11 is 5.84. The number of nitro benzene ring substituents is 1. The molecule has 0 radical (unpaired) electrons. The molecule has 0 heterocycles. The Balaban J connectivity index is 2.82. The highest BCUT2D eigenvalue weighted by Gasteiger charge is 2.16. The van der Waals surface area contributed by atoms with Crippen LogP contribution in [0.4, 0.5) is 11.4 Å². The number of hydrogen-bond acceptors (Lipinski definition) is 5. The molecular weight excluding hydrogens is 280 g/mol. The fraction of sp³-hybridized carbons (Fsp3) is 0.400. The monoisotopic (exact) mass is 292 g/mol. The number of nitrogens with one attached hydrogen (secondary N) is 1. The van der Waals surface area contributed by atoms with Crippen LogP contribution < -0.4 is 5.32 Å². The maximum Gasteiger partial charge on any atom is 0.293 e. The highest BCUT2D eigenvalue weighted by atomic mass is 35.5. The van der Waals surface area contributed by atoms with Gasteiger partial charge < -0.3 is 5.32 Å². The Hall–Kier alpha value is -1.34. The van der Waals surface area contributed by atoms with Crippen LogP contribution in [0.2, 0.25) is 5.02 Å². The first kappa shape index (κ1) is 14.7. The first-order chi connectivity index (χ1) is 8.37. The van der Waals surface area contributed by atoms with Gasteiger partial charge in [0.1, 0.15) is 5.69 Å². The van der Waals surface area contributed by atoms with Crippen molar-refractivity contribution in [3.05, 3.63) is 33.3 Å². The second kappa shape index (κ2) is 6.01. The third-order valence-corrected chi connectivity index (χ3v) is 4.36. The lowest BCUT2D eigenvalue weighted by atomic mass is 10.2. The van der Waals surface area contributed by atoms with Gasteiger partial charge in [0.25, 0.3) is 5.69 Å². The Morgan fingerprint density at radius 1 is 1.44 bits per heavy atom. The summed E-state index contributed by atoms with van der Waals surface area (Å²) in [6.45, 7) is 1.63. The van der Waals surface area contributed by atoms with Crippen molar-refractivity contribution in [2.75, 3.05) is 23.4 Å². The Kier molecular flexibility index (Phi) is 4.92. The van der Waals surface area contributed by atoms with Crippen LogP contribution in [-0.2, 0) is 9.84 Å². The number of para-hydroxylation sites is 1. The molecular formula is C10H13ClN2O4S. The molecule has 1 rings (SSSR count). The second-order valence-electron chi connectivity index (χ2n) is 3.55. The van der Waals surface area contributed by atoms with Crippen LogP contribution in [0.1, 0.15) is 6.92 Å². The van der Waals surface area contributed by atoms with E-state index in [1.54, 1.807) is 6.92 Å². The molecule has 8 heteroatoms. The molecule has 1 N–H and O–H groups in total. The van der Waals surface area contributed by atoms with E-state index in [4.69, 9.17) is 11.6 Å². The minimum atomic E-state index is -3.11. The van der Waals surface area contributed by atoms with Gasteiger partial charge in [-0.2, -0.15) is 0 Å². The van der Waals surface area contributed by atoms with Crippen LogP contribution in [0.3, 0.4) is 0 Å². The van der Waals surface area contributed by atoms with Crippen molar-refractivity contribution in [3.8, 4) is 0 Å². The maximum absolute atomic E-state index is 11.3. The summed E-state index contributed by atoms with van der Waals surface area (Å²) in [4.78, 5) is 10.2. The van der Waals surface area contributed by atoms with E-state index >= 15 is 0 Å². The molecule has 0 bridgehead atoms. The smallest absolute Gasteiger partial charge is 0.293 e. The van der Waals surface area contributed by atoms with E-state index < -0.39 is 14.8 Å². The molecule has 0 aliphatic heterocycles. The molecule has 0 saturated heterocycles. The zero-order chi connectivity index (χ0) is 13.8. The van der Waals surface area contributed by atoms with Crippen LogP contribution in [0.15, 0.2) is 18.2 Å². The van der Waals surface area contributed by atoms with Gasteiger partial charge in [0.15, 0.2) is 9.84 Å². The number of sulfone groups is 1. The van der Waals surface area contributed by atoms with Gasteiger partial charge in [-0.15, -0.1) is 0 Å². The number of nitro groups is 1. The number of hydrogen-bond donors (Lipinski definition) is 1. The molecule has 0 aliphatic rings. The van der Waals surface area contributed by atoms with Crippen LogP contribution in [0.5, 0.6) is 0 Å². The lowest BCUT2D eigenvalue weighted by Crippen LogP contribution is -2.17. The van der Waals surface area contributed by atoms with Crippen LogP contribution >= 0.6 is 11.6 Å². The quantitative estimate of drug-likeness (QED) is 0.640. The van der Waals surface area contributed by atoms with Gasteiger partial charge in [-0.25, -0.2) is 8.42 Å². The average molecular weight is 293 g/mol. The van der Waals surface area contributed by atoms with Gasteiger partial charge in [0.2, 0.25) is 0 Å². The first-order valence-electron chi connectivity index (χ1n) is 5.24. The molecule has 18 heavy (non-hydrogen) atoms. The second-order valence-corrected chi connectivity index (χ2v) is 6.43. The fourth-order valence-corrected chi connectivity index (χ4v) is 2.25. The standard InChI is InChI=1S/C10H13ClN2O4S/c1-2-18(16,17)7-6-12-10-8(11)4-3-5-9(10)13(14)15/h3-5,12H,2,6-7H2,1H3. The normalized spacial score (nSPS) is 11.2. The van der Waals surface area contributed by atoms with E-state index in [1.807, 2.05) is 0 Å². The topological polar surface area (TPSA) is 89.3 Å². The van der Waals surface area contributed by atoms with Gasteiger partial charge >= 0.3 is 0 Å². The minimum absolute atomic E-state index is 0.0410. The molecule has 0 fully saturated rings. The van der Waals surface area contributed by atoms with Crippen molar-refractivity contribution in [2.45, 2.75) is 6.92 Å². The number of anilines is 1. The van der Waals surface area contributed by atoms with Gasteiger partial charge in [0.05, 0.1) is 15.7 Å². The molecule has 0 amide bonds. The summed E-state index contributed by atoms with van der Waals surface area (Å²) in [5.74, 6) is -0.0504. The minimum Gasteiger partial charge on any atom is -0.377 e. The molecule has 1 aromatic rings. The molecule has 0 saturated carbocycles. The summed E-state index contributed by atoms with van der Waals surface area (Å²) < 4.78 is 22.6. The van der Waals surface area contributed by atoms with E-state index in [9.17, 15) is 18.5 Å². The molecule has 0 spiro atoms. The van der Waals surface area contributed by atoms with E-state index in [2.05, 4.69) is 5.32 Å². The Labute approximate surface area is 110 Å². The van der Waals surface area contributed by atoms with Crippen LogP contribution in [0, 0.1) is 10.1 Å². The summed E-state index contributed by atoms with van der Waals surface area (Å²) in [6.07, 6.45) is 0. The zero-order valence-electron chi connectivity index (χ0n) is 9.72. The van der Waals surface area contributed by atoms with Crippen molar-refractivity contribution in [1.82, 2.24) is 0 Å². The van der Waals surface area contributed by atoms with Crippen molar-refractivity contribution in [1.29, 1.82) is 0 Å². The predicted molar refractivity (Wildman–Crippen MR) is 70.9 cm³/mol. The summed E-state index contributed by atoms with van der Waals surface area (Å²) in [5.41, 5.74) is -0.0214.